The first-order valence-corrected chi connectivity index (χ1v) is 12.0. The summed E-state index contributed by atoms with van der Waals surface area (Å²) in [5.41, 5.74) is -1.91. The molecule has 4 fully saturated rings. The van der Waals surface area contributed by atoms with E-state index in [-0.39, 0.29) is 13.1 Å². The summed E-state index contributed by atoms with van der Waals surface area (Å²) in [5.74, 6) is -6.69. The van der Waals surface area contributed by atoms with Gasteiger partial charge in [-0.3, -0.25) is 33.9 Å². The number of hydrogen-bond acceptors (Lipinski definition) is 9. The monoisotopic (exact) mass is 495 g/mol. The Balaban J connectivity index is 1.70. The van der Waals surface area contributed by atoms with E-state index in [1.54, 1.807) is 43.0 Å². The highest BCUT2D eigenvalue weighted by Crippen LogP contribution is 2.69. The SMILES string of the molecule is CCN1C(=O)[C@H]2[C@@H](c3ccco3)N3[C@H](c4ccco4)[C@@H]4C(=O)N(CC)C(=O)[C@@H]4C3(C(=O)OC)[C@H]2C1=O. The number of nitrogens with zero attached hydrogens (tertiary/aromatic N) is 3. The zero-order valence-electron chi connectivity index (χ0n) is 20.0. The van der Waals surface area contributed by atoms with Crippen molar-refractivity contribution in [2.24, 2.45) is 23.7 Å². The molecule has 6 rings (SSSR count). The van der Waals surface area contributed by atoms with Gasteiger partial charge in [0.1, 0.15) is 17.1 Å². The first kappa shape index (κ1) is 22.7. The lowest BCUT2D eigenvalue weighted by atomic mass is 9.69. The normalized spacial score (nSPS) is 32.9. The Morgan fingerprint density at radius 1 is 0.833 bits per heavy atom. The van der Waals surface area contributed by atoms with E-state index in [1.807, 2.05) is 0 Å². The number of likely N-dealkylation sites (tertiary alicyclic amines) is 2. The number of esters is 1. The first-order chi connectivity index (χ1) is 17.4. The van der Waals surface area contributed by atoms with Crippen molar-refractivity contribution in [2.45, 2.75) is 31.5 Å². The fourth-order valence-corrected chi connectivity index (χ4v) is 7.25. The van der Waals surface area contributed by atoms with Crippen LogP contribution in [-0.2, 0) is 28.7 Å². The summed E-state index contributed by atoms with van der Waals surface area (Å²) >= 11 is 0. The number of fused-ring (bicyclic) bond motifs is 5. The van der Waals surface area contributed by atoms with Crippen molar-refractivity contribution in [2.75, 3.05) is 20.2 Å². The number of carbonyl (C=O) groups excluding carboxylic acids is 5. The number of carbonyl (C=O) groups is 5. The topological polar surface area (TPSA) is 131 Å². The van der Waals surface area contributed by atoms with Gasteiger partial charge in [0.15, 0.2) is 0 Å². The largest absolute Gasteiger partial charge is 0.468 e. The van der Waals surface area contributed by atoms with Gasteiger partial charge in [0.05, 0.1) is 55.4 Å². The third-order valence-corrected chi connectivity index (χ3v) is 8.35. The highest BCUT2D eigenvalue weighted by Gasteiger charge is 2.84. The van der Waals surface area contributed by atoms with Crippen LogP contribution in [0.1, 0.15) is 37.5 Å². The van der Waals surface area contributed by atoms with Crippen LogP contribution in [0.2, 0.25) is 0 Å². The summed E-state index contributed by atoms with van der Waals surface area (Å²) < 4.78 is 16.8. The lowest BCUT2D eigenvalue weighted by molar-refractivity contribution is -0.166. The molecule has 11 nitrogen and oxygen atoms in total. The quantitative estimate of drug-likeness (QED) is 0.443. The van der Waals surface area contributed by atoms with Gasteiger partial charge in [0.25, 0.3) is 0 Å². The Labute approximate surface area is 205 Å². The van der Waals surface area contributed by atoms with Crippen LogP contribution in [0.15, 0.2) is 45.6 Å². The molecule has 0 aliphatic carbocycles. The van der Waals surface area contributed by atoms with Crippen molar-refractivity contribution < 1.29 is 37.5 Å². The third kappa shape index (κ3) is 2.39. The summed E-state index contributed by atoms with van der Waals surface area (Å²) in [5, 5.41) is 0. The first-order valence-electron chi connectivity index (χ1n) is 12.0. The van der Waals surface area contributed by atoms with Gasteiger partial charge in [-0.1, -0.05) is 0 Å². The summed E-state index contributed by atoms with van der Waals surface area (Å²) in [7, 11) is 1.18. The zero-order valence-corrected chi connectivity index (χ0v) is 20.0. The van der Waals surface area contributed by atoms with Crippen LogP contribution in [0.3, 0.4) is 0 Å². The number of amides is 4. The number of furan rings is 2. The van der Waals surface area contributed by atoms with Crippen molar-refractivity contribution in [3.63, 3.8) is 0 Å². The molecule has 4 aliphatic heterocycles. The smallest absolute Gasteiger partial charge is 0.328 e. The predicted molar refractivity (Wildman–Crippen MR) is 118 cm³/mol. The molecule has 2 aromatic rings. The lowest BCUT2D eigenvalue weighted by Gasteiger charge is -2.40. The van der Waals surface area contributed by atoms with E-state index < -0.39 is 70.9 Å². The minimum Gasteiger partial charge on any atom is -0.468 e. The van der Waals surface area contributed by atoms with Gasteiger partial charge >= 0.3 is 5.97 Å². The Bertz CT molecular complexity index is 1180. The molecule has 0 aromatic carbocycles. The van der Waals surface area contributed by atoms with Gasteiger partial charge in [-0.25, -0.2) is 4.79 Å². The minimum atomic E-state index is -1.91. The molecule has 4 aliphatic rings. The fraction of sp³-hybridized carbons (Fsp3) is 0.480. The van der Waals surface area contributed by atoms with Crippen LogP contribution >= 0.6 is 0 Å². The molecule has 4 amide bonds. The van der Waals surface area contributed by atoms with Crippen LogP contribution in [0.4, 0.5) is 0 Å². The maximum atomic E-state index is 13.9. The van der Waals surface area contributed by atoms with Gasteiger partial charge < -0.3 is 13.6 Å². The molecule has 2 aromatic heterocycles. The summed E-state index contributed by atoms with van der Waals surface area (Å²) in [4.78, 5) is 72.8. The zero-order chi connectivity index (χ0) is 25.5. The molecule has 0 radical (unpaired) electrons. The van der Waals surface area contributed by atoms with E-state index in [0.29, 0.717) is 11.5 Å². The van der Waals surface area contributed by atoms with E-state index in [4.69, 9.17) is 13.6 Å². The van der Waals surface area contributed by atoms with E-state index in [2.05, 4.69) is 0 Å². The third-order valence-electron chi connectivity index (χ3n) is 8.35. The molecule has 6 atom stereocenters. The average Bonchev–Trinajstić information content (AvgIpc) is 3.68. The molecular formula is C25H25N3O8. The molecule has 188 valence electrons. The summed E-state index contributed by atoms with van der Waals surface area (Å²) in [6.07, 6.45) is 2.88. The van der Waals surface area contributed by atoms with Crippen LogP contribution < -0.4 is 0 Å². The predicted octanol–water partition coefficient (Wildman–Crippen LogP) is 1.14. The molecule has 6 heterocycles. The van der Waals surface area contributed by atoms with Gasteiger partial charge in [-0.2, -0.15) is 0 Å². The van der Waals surface area contributed by atoms with Gasteiger partial charge in [-0.05, 0) is 38.1 Å². The van der Waals surface area contributed by atoms with Crippen LogP contribution in [0, 0.1) is 23.7 Å². The summed E-state index contributed by atoms with van der Waals surface area (Å²) in [6.45, 7) is 3.56. The average molecular weight is 495 g/mol. The number of hydrogen-bond donors (Lipinski definition) is 0. The Hall–Kier alpha value is -3.73. The van der Waals surface area contributed by atoms with E-state index >= 15 is 0 Å². The Morgan fingerprint density at radius 2 is 1.28 bits per heavy atom. The van der Waals surface area contributed by atoms with E-state index in [0.717, 1.165) is 9.80 Å². The van der Waals surface area contributed by atoms with Gasteiger partial charge in [0, 0.05) is 13.1 Å². The molecule has 36 heavy (non-hydrogen) atoms. The second-order valence-electron chi connectivity index (χ2n) is 9.49. The molecule has 0 saturated carbocycles. The molecule has 0 spiro atoms. The van der Waals surface area contributed by atoms with Crippen molar-refractivity contribution in [3.05, 3.63) is 48.3 Å². The molecule has 11 heteroatoms. The van der Waals surface area contributed by atoms with Crippen molar-refractivity contribution in [1.82, 2.24) is 14.7 Å². The molecule has 0 unspecified atom stereocenters. The van der Waals surface area contributed by atoms with Crippen molar-refractivity contribution in [1.29, 1.82) is 0 Å². The lowest BCUT2D eigenvalue weighted by Crippen LogP contribution is -2.60. The highest BCUT2D eigenvalue weighted by molar-refractivity contribution is 6.14. The second-order valence-corrected chi connectivity index (χ2v) is 9.49. The van der Waals surface area contributed by atoms with Crippen LogP contribution in [0.25, 0.3) is 0 Å². The number of ether oxygens (including phenoxy) is 1. The minimum absolute atomic E-state index is 0.108. The van der Waals surface area contributed by atoms with E-state index in [1.165, 1.54) is 19.6 Å². The number of methoxy groups -OCH3 is 1. The number of rotatable bonds is 5. The summed E-state index contributed by atoms with van der Waals surface area (Å²) in [6, 6.07) is 4.81. The molecular weight excluding hydrogens is 470 g/mol. The Morgan fingerprint density at radius 3 is 1.61 bits per heavy atom. The highest BCUT2D eigenvalue weighted by atomic mass is 16.5. The maximum absolute atomic E-state index is 13.9. The Kier molecular flexibility index (Phi) is 4.82. The fourth-order valence-electron chi connectivity index (χ4n) is 7.25. The molecule has 4 saturated heterocycles. The van der Waals surface area contributed by atoms with E-state index in [9.17, 15) is 24.0 Å². The van der Waals surface area contributed by atoms with Crippen molar-refractivity contribution >= 4 is 29.6 Å². The molecule has 0 N–H and O–H groups in total. The van der Waals surface area contributed by atoms with Gasteiger partial charge in [0.2, 0.25) is 23.6 Å². The standard InChI is InChI=1S/C25H25N3O8/c1-4-26-20(29)14-16(22(26)31)25(24(33)34-3)17-15(21(30)27(5-2)23(17)32)19(13-9-7-11-36-13)28(25)18(14)12-8-6-10-35-12/h6-11,14-19H,4-5H2,1-3H3/t14-,15-,16-,17-,18-,19-/m1/s1. The molecule has 0 bridgehead atoms. The maximum Gasteiger partial charge on any atom is 0.328 e. The van der Waals surface area contributed by atoms with Crippen molar-refractivity contribution in [3.8, 4) is 0 Å². The second kappa shape index (κ2) is 7.63. The number of imide groups is 2. The van der Waals surface area contributed by atoms with Gasteiger partial charge in [-0.15, -0.1) is 0 Å². The van der Waals surface area contributed by atoms with Crippen LogP contribution in [0.5, 0.6) is 0 Å². The van der Waals surface area contributed by atoms with Crippen LogP contribution in [-0.4, -0.2) is 70.0 Å².